The van der Waals surface area contributed by atoms with Gasteiger partial charge in [-0.05, 0) is 51.8 Å². The maximum atomic E-state index is 11.8. The van der Waals surface area contributed by atoms with Crippen molar-refractivity contribution in [3.8, 4) is 0 Å². The molecule has 1 fully saturated rings. The van der Waals surface area contributed by atoms with Crippen molar-refractivity contribution in [2.75, 3.05) is 5.32 Å². The molecule has 3 rings (SSSR count). The van der Waals surface area contributed by atoms with Crippen LogP contribution in [-0.4, -0.2) is 16.9 Å². The lowest BCUT2D eigenvalue weighted by Gasteiger charge is -2.19. The number of aromatic nitrogens is 1. The first-order chi connectivity index (χ1) is 10.3. The summed E-state index contributed by atoms with van der Waals surface area (Å²) in [6, 6.07) is 5.04. The van der Waals surface area contributed by atoms with Gasteiger partial charge in [0.1, 0.15) is 5.60 Å². The number of hydrogen-bond acceptors (Lipinski definition) is 5. The van der Waals surface area contributed by atoms with E-state index < -0.39 is 17.3 Å². The van der Waals surface area contributed by atoms with E-state index in [0.29, 0.717) is 17.0 Å². The van der Waals surface area contributed by atoms with E-state index in [4.69, 9.17) is 9.26 Å². The standard InChI is InChI=1S/C16H18N2O4/c1-16(2,3)21-15(20)17-10-6-7-11-12(8-10)13(9-4-5-9)18-22-14(11)19/h6-9H,4-5H2,1-3H3,(H,17,20). The van der Waals surface area contributed by atoms with Gasteiger partial charge in [0, 0.05) is 17.0 Å². The quantitative estimate of drug-likeness (QED) is 0.919. The first kappa shape index (κ1) is 14.6. The number of hydrogen-bond donors (Lipinski definition) is 1. The molecule has 6 nitrogen and oxygen atoms in total. The van der Waals surface area contributed by atoms with Gasteiger partial charge in [0.05, 0.1) is 11.1 Å². The number of nitrogens with one attached hydrogen (secondary N) is 1. The van der Waals surface area contributed by atoms with Crippen LogP contribution in [-0.2, 0) is 4.74 Å². The third-order valence-electron chi connectivity index (χ3n) is 3.35. The third-order valence-corrected chi connectivity index (χ3v) is 3.35. The Balaban J connectivity index is 1.93. The number of rotatable bonds is 2. The molecule has 1 N–H and O–H groups in total. The molecule has 0 radical (unpaired) electrons. The third kappa shape index (κ3) is 3.10. The van der Waals surface area contributed by atoms with Gasteiger partial charge in [-0.15, -0.1) is 0 Å². The van der Waals surface area contributed by atoms with Crippen LogP contribution < -0.4 is 10.9 Å². The van der Waals surface area contributed by atoms with Crippen molar-refractivity contribution < 1.29 is 14.1 Å². The molecule has 0 unspecified atom stereocenters. The second-order valence-corrected chi connectivity index (χ2v) is 6.52. The molecular formula is C16H18N2O4. The van der Waals surface area contributed by atoms with Gasteiger partial charge in [0.2, 0.25) is 0 Å². The zero-order valence-electron chi connectivity index (χ0n) is 12.8. The SMILES string of the molecule is CC(C)(C)OC(=O)Nc1ccc2c(=O)onc(C3CC3)c2c1. The minimum Gasteiger partial charge on any atom is -0.444 e. The van der Waals surface area contributed by atoms with Gasteiger partial charge in [-0.25, -0.2) is 9.59 Å². The Morgan fingerprint density at radius 2 is 2.05 bits per heavy atom. The summed E-state index contributed by atoms with van der Waals surface area (Å²) < 4.78 is 10.1. The number of carbonyl (C=O) groups excluding carboxylic acids is 1. The van der Waals surface area contributed by atoms with E-state index in [-0.39, 0.29) is 0 Å². The lowest BCUT2D eigenvalue weighted by Crippen LogP contribution is -2.27. The number of carbonyl (C=O) groups is 1. The van der Waals surface area contributed by atoms with E-state index >= 15 is 0 Å². The number of amides is 1. The molecule has 1 aromatic heterocycles. The highest BCUT2D eigenvalue weighted by Crippen LogP contribution is 2.41. The Kier molecular flexibility index (Phi) is 3.39. The Hall–Kier alpha value is -2.37. The molecule has 1 heterocycles. The van der Waals surface area contributed by atoms with E-state index in [2.05, 4.69) is 10.5 Å². The van der Waals surface area contributed by atoms with Crippen LogP contribution in [0.3, 0.4) is 0 Å². The minimum atomic E-state index is -0.567. The van der Waals surface area contributed by atoms with Crippen LogP contribution in [0.25, 0.3) is 10.8 Å². The molecule has 1 aliphatic carbocycles. The average Bonchev–Trinajstić information content (AvgIpc) is 3.21. The van der Waals surface area contributed by atoms with E-state index in [1.54, 1.807) is 39.0 Å². The number of benzene rings is 1. The number of fused-ring (bicyclic) bond motifs is 1. The van der Waals surface area contributed by atoms with Gasteiger partial charge in [-0.2, -0.15) is 0 Å². The van der Waals surface area contributed by atoms with Gasteiger partial charge < -0.3 is 9.26 Å². The molecule has 0 aliphatic heterocycles. The zero-order valence-corrected chi connectivity index (χ0v) is 12.8. The fourth-order valence-electron chi connectivity index (χ4n) is 2.27. The van der Waals surface area contributed by atoms with Crippen molar-refractivity contribution in [2.45, 2.75) is 45.1 Å². The molecule has 116 valence electrons. The molecule has 1 amide bonds. The topological polar surface area (TPSA) is 81.4 Å². The monoisotopic (exact) mass is 302 g/mol. The fraction of sp³-hybridized carbons (Fsp3) is 0.438. The lowest BCUT2D eigenvalue weighted by molar-refractivity contribution is 0.0636. The summed E-state index contributed by atoms with van der Waals surface area (Å²) >= 11 is 0. The summed E-state index contributed by atoms with van der Waals surface area (Å²) in [4.78, 5) is 23.6. The van der Waals surface area contributed by atoms with Crippen LogP contribution in [0.4, 0.5) is 10.5 Å². The largest absolute Gasteiger partial charge is 0.444 e. The molecular weight excluding hydrogens is 284 g/mol. The van der Waals surface area contributed by atoms with Gasteiger partial charge in [-0.3, -0.25) is 5.32 Å². The van der Waals surface area contributed by atoms with Gasteiger partial charge in [-0.1, -0.05) is 5.16 Å². The summed E-state index contributed by atoms with van der Waals surface area (Å²) in [7, 11) is 0. The summed E-state index contributed by atoms with van der Waals surface area (Å²) in [5.41, 5.74) is 0.310. The minimum absolute atomic E-state index is 0.337. The highest BCUT2D eigenvalue weighted by Gasteiger charge is 2.28. The van der Waals surface area contributed by atoms with Crippen molar-refractivity contribution in [1.82, 2.24) is 5.16 Å². The van der Waals surface area contributed by atoms with Crippen molar-refractivity contribution >= 4 is 22.6 Å². The average molecular weight is 302 g/mol. The zero-order chi connectivity index (χ0) is 15.9. The van der Waals surface area contributed by atoms with Gasteiger partial charge in [0.25, 0.3) is 0 Å². The van der Waals surface area contributed by atoms with E-state index in [1.807, 2.05) is 0 Å². The summed E-state index contributed by atoms with van der Waals surface area (Å²) in [5, 5.41) is 7.80. The summed E-state index contributed by atoms with van der Waals surface area (Å²) in [6.45, 7) is 5.40. The van der Waals surface area contributed by atoms with Gasteiger partial charge in [0.15, 0.2) is 0 Å². The van der Waals surface area contributed by atoms with Crippen molar-refractivity contribution in [3.05, 3.63) is 34.3 Å². The summed E-state index contributed by atoms with van der Waals surface area (Å²) in [5.74, 6) is 0.337. The maximum Gasteiger partial charge on any atom is 0.412 e. The Labute approximate surface area is 127 Å². The molecule has 2 aromatic rings. The molecule has 1 aliphatic rings. The normalized spacial score (nSPS) is 14.9. The highest BCUT2D eigenvalue weighted by molar-refractivity contribution is 5.92. The fourth-order valence-corrected chi connectivity index (χ4v) is 2.27. The molecule has 22 heavy (non-hydrogen) atoms. The van der Waals surface area contributed by atoms with Crippen LogP contribution >= 0.6 is 0 Å². The second kappa shape index (κ2) is 5.12. The van der Waals surface area contributed by atoms with E-state index in [9.17, 15) is 9.59 Å². The number of anilines is 1. The number of nitrogens with zero attached hydrogens (tertiary/aromatic N) is 1. The molecule has 6 heteroatoms. The van der Waals surface area contributed by atoms with Crippen LogP contribution in [0.1, 0.15) is 45.2 Å². The van der Waals surface area contributed by atoms with Crippen LogP contribution in [0, 0.1) is 0 Å². The molecule has 1 saturated carbocycles. The van der Waals surface area contributed by atoms with Crippen molar-refractivity contribution in [2.24, 2.45) is 0 Å². The van der Waals surface area contributed by atoms with E-state index in [0.717, 1.165) is 23.9 Å². The highest BCUT2D eigenvalue weighted by atomic mass is 16.6. The molecule has 0 saturated heterocycles. The molecule has 0 spiro atoms. The lowest BCUT2D eigenvalue weighted by atomic mass is 10.1. The maximum absolute atomic E-state index is 11.8. The Morgan fingerprint density at radius 1 is 1.32 bits per heavy atom. The summed E-state index contributed by atoms with van der Waals surface area (Å²) in [6.07, 6.45) is 1.55. The van der Waals surface area contributed by atoms with E-state index in [1.165, 1.54) is 0 Å². The smallest absolute Gasteiger partial charge is 0.412 e. The predicted octanol–water partition coefficient (Wildman–Crippen LogP) is 3.41. The molecule has 0 atom stereocenters. The van der Waals surface area contributed by atoms with Crippen LogP contribution in [0.2, 0.25) is 0 Å². The van der Waals surface area contributed by atoms with Crippen molar-refractivity contribution in [1.29, 1.82) is 0 Å². The number of ether oxygens (including phenoxy) is 1. The second-order valence-electron chi connectivity index (χ2n) is 6.52. The predicted molar refractivity (Wildman–Crippen MR) is 82.1 cm³/mol. The van der Waals surface area contributed by atoms with Crippen LogP contribution in [0.5, 0.6) is 0 Å². The van der Waals surface area contributed by atoms with Crippen molar-refractivity contribution in [3.63, 3.8) is 0 Å². The Morgan fingerprint density at radius 3 is 2.68 bits per heavy atom. The van der Waals surface area contributed by atoms with Crippen LogP contribution in [0.15, 0.2) is 27.5 Å². The molecule has 1 aromatic carbocycles. The molecule has 0 bridgehead atoms. The first-order valence-electron chi connectivity index (χ1n) is 7.27. The first-order valence-corrected chi connectivity index (χ1v) is 7.27. The Bertz CT molecular complexity index is 785. The van der Waals surface area contributed by atoms with Gasteiger partial charge >= 0.3 is 11.7 Å².